The number of nitrogens with zero attached hydrogens (tertiary/aromatic N) is 1. The Hall–Kier alpha value is -2.83. The van der Waals surface area contributed by atoms with E-state index in [1.165, 1.54) is 25.1 Å². The number of carbonyl (C=O) groups excluding carboxylic acids is 3. The molecular weight excluding hydrogens is 312 g/mol. The van der Waals surface area contributed by atoms with Crippen LogP contribution < -0.4 is 10.1 Å². The third-order valence-corrected chi connectivity index (χ3v) is 2.90. The molecule has 0 aliphatic carbocycles. The van der Waals surface area contributed by atoms with Crippen molar-refractivity contribution in [2.45, 2.75) is 13.8 Å². The van der Waals surface area contributed by atoms with Gasteiger partial charge in [0.1, 0.15) is 5.75 Å². The number of benzene rings is 1. The number of anilines is 1. The van der Waals surface area contributed by atoms with Crippen molar-refractivity contribution < 1.29 is 23.9 Å². The van der Waals surface area contributed by atoms with Crippen LogP contribution >= 0.6 is 0 Å². The highest BCUT2D eigenvalue weighted by molar-refractivity contribution is 5.95. The molecular formula is C17H22N2O5. The summed E-state index contributed by atoms with van der Waals surface area (Å²) in [6, 6.07) is 6.88. The Labute approximate surface area is 141 Å². The van der Waals surface area contributed by atoms with Crippen LogP contribution in [0.25, 0.3) is 0 Å². The molecule has 0 bridgehead atoms. The first-order chi connectivity index (χ1) is 11.3. The summed E-state index contributed by atoms with van der Waals surface area (Å²) in [5.41, 5.74) is 1.34. The van der Waals surface area contributed by atoms with E-state index in [0.717, 1.165) is 5.57 Å². The van der Waals surface area contributed by atoms with Gasteiger partial charge in [0.15, 0.2) is 6.61 Å². The smallest absolute Gasteiger partial charge is 0.331 e. The van der Waals surface area contributed by atoms with Crippen molar-refractivity contribution in [3.05, 3.63) is 35.9 Å². The fourth-order valence-electron chi connectivity index (χ4n) is 1.73. The summed E-state index contributed by atoms with van der Waals surface area (Å²) in [6.07, 6.45) is 1.29. The number of methoxy groups -OCH3 is 1. The first kappa shape index (κ1) is 19.2. The van der Waals surface area contributed by atoms with E-state index in [1.54, 1.807) is 38.1 Å². The van der Waals surface area contributed by atoms with Crippen LogP contribution in [-0.2, 0) is 19.1 Å². The Morgan fingerprint density at radius 1 is 1.25 bits per heavy atom. The van der Waals surface area contributed by atoms with Crippen LogP contribution in [0.1, 0.15) is 13.8 Å². The molecule has 0 saturated carbocycles. The van der Waals surface area contributed by atoms with Gasteiger partial charge >= 0.3 is 5.97 Å². The van der Waals surface area contributed by atoms with Crippen molar-refractivity contribution in [1.82, 2.24) is 4.90 Å². The molecule has 0 spiro atoms. The van der Waals surface area contributed by atoms with Gasteiger partial charge in [-0.05, 0) is 26.0 Å². The van der Waals surface area contributed by atoms with Crippen molar-refractivity contribution in [2.24, 2.45) is 0 Å². The summed E-state index contributed by atoms with van der Waals surface area (Å²) < 4.78 is 9.88. The van der Waals surface area contributed by atoms with Crippen molar-refractivity contribution in [1.29, 1.82) is 0 Å². The van der Waals surface area contributed by atoms with Gasteiger partial charge < -0.3 is 19.7 Å². The summed E-state index contributed by atoms with van der Waals surface area (Å²) >= 11 is 0. The molecule has 24 heavy (non-hydrogen) atoms. The second-order valence-corrected chi connectivity index (χ2v) is 5.36. The molecule has 2 amide bonds. The van der Waals surface area contributed by atoms with Crippen molar-refractivity contribution >= 4 is 23.5 Å². The quantitative estimate of drug-likeness (QED) is 0.605. The molecule has 130 valence electrons. The topological polar surface area (TPSA) is 84.9 Å². The van der Waals surface area contributed by atoms with E-state index in [-0.39, 0.29) is 12.5 Å². The predicted molar refractivity (Wildman–Crippen MR) is 89.7 cm³/mol. The number of carbonyl (C=O) groups is 3. The number of likely N-dealkylation sites (N-methyl/N-ethyl adjacent to an activating group) is 1. The van der Waals surface area contributed by atoms with Gasteiger partial charge in [-0.15, -0.1) is 0 Å². The first-order valence-corrected chi connectivity index (χ1v) is 7.31. The highest BCUT2D eigenvalue weighted by Gasteiger charge is 2.14. The van der Waals surface area contributed by atoms with E-state index in [1.807, 2.05) is 0 Å². The van der Waals surface area contributed by atoms with E-state index in [4.69, 9.17) is 9.47 Å². The molecule has 0 heterocycles. The minimum absolute atomic E-state index is 0.157. The molecule has 7 heteroatoms. The van der Waals surface area contributed by atoms with Gasteiger partial charge in [0, 0.05) is 24.9 Å². The van der Waals surface area contributed by atoms with Crippen LogP contribution in [0.2, 0.25) is 0 Å². The van der Waals surface area contributed by atoms with E-state index < -0.39 is 18.5 Å². The van der Waals surface area contributed by atoms with Gasteiger partial charge in [0.05, 0.1) is 13.7 Å². The van der Waals surface area contributed by atoms with Gasteiger partial charge in [-0.1, -0.05) is 11.6 Å². The largest absolute Gasteiger partial charge is 0.497 e. The number of esters is 1. The molecule has 0 radical (unpaired) electrons. The zero-order valence-electron chi connectivity index (χ0n) is 14.3. The number of hydrogen-bond acceptors (Lipinski definition) is 5. The molecule has 0 saturated heterocycles. The lowest BCUT2D eigenvalue weighted by molar-refractivity contribution is -0.148. The van der Waals surface area contributed by atoms with Gasteiger partial charge in [0.2, 0.25) is 5.91 Å². The van der Waals surface area contributed by atoms with Crippen LogP contribution in [0, 0.1) is 0 Å². The second kappa shape index (κ2) is 9.34. The summed E-state index contributed by atoms with van der Waals surface area (Å²) in [7, 11) is 2.99. The van der Waals surface area contributed by atoms with Gasteiger partial charge in [-0.2, -0.15) is 0 Å². The number of amides is 2. The lowest BCUT2D eigenvalue weighted by atomic mass is 10.3. The van der Waals surface area contributed by atoms with Gasteiger partial charge in [-0.3, -0.25) is 9.59 Å². The zero-order valence-corrected chi connectivity index (χ0v) is 14.3. The lowest BCUT2D eigenvalue weighted by Gasteiger charge is -2.16. The number of nitrogens with one attached hydrogen (secondary N) is 1. The van der Waals surface area contributed by atoms with E-state index in [2.05, 4.69) is 5.32 Å². The standard InChI is InChI=1S/C17H22N2O5/c1-12(2)8-17(22)24-11-16(21)19(3)10-15(20)18-13-6-5-7-14(9-13)23-4/h5-9H,10-11H2,1-4H3,(H,18,20). The third kappa shape index (κ3) is 6.95. The Morgan fingerprint density at radius 2 is 1.96 bits per heavy atom. The molecule has 0 aliphatic rings. The summed E-state index contributed by atoms with van der Waals surface area (Å²) in [4.78, 5) is 36.3. The highest BCUT2D eigenvalue weighted by Crippen LogP contribution is 2.16. The minimum atomic E-state index is -0.586. The molecule has 1 rings (SSSR count). The van der Waals surface area contributed by atoms with Gasteiger partial charge in [-0.25, -0.2) is 4.79 Å². The Balaban J connectivity index is 2.46. The molecule has 1 N–H and O–H groups in total. The lowest BCUT2D eigenvalue weighted by Crippen LogP contribution is -2.37. The zero-order chi connectivity index (χ0) is 18.1. The predicted octanol–water partition coefficient (Wildman–Crippen LogP) is 1.60. The normalized spacial score (nSPS) is 9.67. The van der Waals surface area contributed by atoms with Crippen molar-refractivity contribution in [3.8, 4) is 5.75 Å². The molecule has 1 aromatic rings. The average molecular weight is 334 g/mol. The van der Waals surface area contributed by atoms with Crippen LogP contribution in [0.4, 0.5) is 5.69 Å². The summed E-state index contributed by atoms with van der Waals surface area (Å²) in [6.45, 7) is 2.93. The first-order valence-electron chi connectivity index (χ1n) is 7.31. The molecule has 0 aromatic heterocycles. The van der Waals surface area contributed by atoms with E-state index in [9.17, 15) is 14.4 Å². The van der Waals surface area contributed by atoms with E-state index >= 15 is 0 Å². The molecule has 7 nitrogen and oxygen atoms in total. The maximum Gasteiger partial charge on any atom is 0.331 e. The molecule has 0 fully saturated rings. The van der Waals surface area contributed by atoms with Crippen LogP contribution in [0.3, 0.4) is 0 Å². The van der Waals surface area contributed by atoms with Gasteiger partial charge in [0.25, 0.3) is 5.91 Å². The van der Waals surface area contributed by atoms with Crippen LogP contribution in [0.15, 0.2) is 35.9 Å². The SMILES string of the molecule is COc1cccc(NC(=O)CN(C)C(=O)COC(=O)C=C(C)C)c1. The molecule has 0 atom stereocenters. The fourth-order valence-corrected chi connectivity index (χ4v) is 1.73. The maximum absolute atomic E-state index is 11.9. The van der Waals surface area contributed by atoms with Crippen LogP contribution in [0.5, 0.6) is 5.75 Å². The number of allylic oxidation sites excluding steroid dienone is 1. The third-order valence-electron chi connectivity index (χ3n) is 2.90. The summed E-state index contributed by atoms with van der Waals surface area (Å²) in [5.74, 6) is -0.804. The second-order valence-electron chi connectivity index (χ2n) is 5.36. The van der Waals surface area contributed by atoms with Crippen molar-refractivity contribution in [3.63, 3.8) is 0 Å². The average Bonchev–Trinajstić information content (AvgIpc) is 2.51. The number of ether oxygens (including phenoxy) is 2. The maximum atomic E-state index is 11.9. The Kier molecular flexibility index (Phi) is 7.48. The number of hydrogen-bond donors (Lipinski definition) is 1. The minimum Gasteiger partial charge on any atom is -0.497 e. The summed E-state index contributed by atoms with van der Waals surface area (Å²) in [5, 5.41) is 2.66. The molecule has 0 unspecified atom stereocenters. The molecule has 0 aliphatic heterocycles. The monoisotopic (exact) mass is 334 g/mol. The number of rotatable bonds is 7. The Morgan fingerprint density at radius 3 is 2.58 bits per heavy atom. The molecule has 1 aromatic carbocycles. The van der Waals surface area contributed by atoms with E-state index in [0.29, 0.717) is 11.4 Å². The van der Waals surface area contributed by atoms with Crippen molar-refractivity contribution in [2.75, 3.05) is 32.6 Å². The fraction of sp³-hybridized carbons (Fsp3) is 0.353. The van der Waals surface area contributed by atoms with Crippen LogP contribution in [-0.4, -0.2) is 50.0 Å². The highest BCUT2D eigenvalue weighted by atomic mass is 16.5. The Bertz CT molecular complexity index is 636.